The predicted octanol–water partition coefficient (Wildman–Crippen LogP) is 4.13. The average molecular weight is 449 g/mol. The highest BCUT2D eigenvalue weighted by atomic mass is 19.4. The number of carbonyl (C=O) groups is 1. The second kappa shape index (κ2) is 9.72. The van der Waals surface area contributed by atoms with Crippen LogP contribution in [0.15, 0.2) is 24.4 Å². The van der Waals surface area contributed by atoms with Crippen LogP contribution in [0.2, 0.25) is 0 Å². The number of carbonyl (C=O) groups excluding carboxylic acids is 1. The Bertz CT molecular complexity index is 967. The lowest BCUT2D eigenvalue weighted by Crippen LogP contribution is -2.36. The molecule has 10 heteroatoms. The van der Waals surface area contributed by atoms with Crippen LogP contribution in [0.4, 0.5) is 30.6 Å². The first kappa shape index (κ1) is 22.3. The van der Waals surface area contributed by atoms with Gasteiger partial charge >= 0.3 is 6.18 Å². The van der Waals surface area contributed by atoms with Crippen molar-refractivity contribution in [1.82, 2.24) is 14.9 Å². The zero-order chi connectivity index (χ0) is 22.6. The van der Waals surface area contributed by atoms with Crippen molar-refractivity contribution < 1.29 is 22.7 Å². The summed E-state index contributed by atoms with van der Waals surface area (Å²) >= 11 is 0. The SMILES string of the molecule is O=C1CCCCN1CCCNc1nc(Nc2ccc3c(c2)COCC3)ncc1C(F)(F)F. The minimum absolute atomic E-state index is 0.0726. The minimum atomic E-state index is -4.58. The fraction of sp³-hybridized carbons (Fsp3) is 0.500. The van der Waals surface area contributed by atoms with E-state index >= 15 is 0 Å². The van der Waals surface area contributed by atoms with E-state index in [4.69, 9.17) is 4.74 Å². The maximum Gasteiger partial charge on any atom is 0.421 e. The fourth-order valence-corrected chi connectivity index (χ4v) is 3.93. The maximum absolute atomic E-state index is 13.4. The molecule has 1 saturated heterocycles. The smallest absolute Gasteiger partial charge is 0.376 e. The van der Waals surface area contributed by atoms with Crippen molar-refractivity contribution in [3.8, 4) is 0 Å². The molecular formula is C22H26F3N5O2. The highest BCUT2D eigenvalue weighted by molar-refractivity contribution is 5.76. The van der Waals surface area contributed by atoms with E-state index in [0.717, 1.165) is 31.0 Å². The molecular weight excluding hydrogens is 423 g/mol. The summed E-state index contributed by atoms with van der Waals surface area (Å²) in [5, 5.41) is 5.76. The zero-order valence-corrected chi connectivity index (χ0v) is 17.7. The number of ether oxygens (including phenoxy) is 1. The summed E-state index contributed by atoms with van der Waals surface area (Å²) in [6.45, 7) is 2.67. The Kier molecular flexibility index (Phi) is 6.78. The summed E-state index contributed by atoms with van der Waals surface area (Å²) in [4.78, 5) is 21.6. The lowest BCUT2D eigenvalue weighted by atomic mass is 10.0. The molecule has 4 rings (SSSR count). The normalized spacial score (nSPS) is 16.6. The Balaban J connectivity index is 1.43. The third-order valence-corrected chi connectivity index (χ3v) is 5.65. The molecule has 1 amide bonds. The number of nitrogens with one attached hydrogen (secondary N) is 2. The summed E-state index contributed by atoms with van der Waals surface area (Å²) in [5.74, 6) is -0.0964. The van der Waals surface area contributed by atoms with Gasteiger partial charge in [0.05, 0.1) is 13.2 Å². The molecule has 0 spiro atoms. The van der Waals surface area contributed by atoms with Crippen LogP contribution in [-0.2, 0) is 28.7 Å². The third kappa shape index (κ3) is 5.48. The molecule has 7 nitrogen and oxygen atoms in total. The van der Waals surface area contributed by atoms with E-state index in [0.29, 0.717) is 44.8 Å². The van der Waals surface area contributed by atoms with Crippen LogP contribution < -0.4 is 10.6 Å². The van der Waals surface area contributed by atoms with E-state index in [-0.39, 0.29) is 24.2 Å². The Morgan fingerprint density at radius 1 is 1.16 bits per heavy atom. The average Bonchev–Trinajstić information content (AvgIpc) is 2.77. The monoisotopic (exact) mass is 449 g/mol. The number of fused-ring (bicyclic) bond motifs is 1. The Labute approximate surface area is 184 Å². The molecule has 1 aromatic carbocycles. The van der Waals surface area contributed by atoms with Gasteiger partial charge in [-0.05, 0) is 48.9 Å². The zero-order valence-electron chi connectivity index (χ0n) is 17.7. The molecule has 2 aliphatic rings. The lowest BCUT2D eigenvalue weighted by molar-refractivity contribution is -0.137. The summed E-state index contributed by atoms with van der Waals surface area (Å²) in [5.41, 5.74) is 2.00. The largest absolute Gasteiger partial charge is 0.421 e. The molecule has 2 aromatic rings. The predicted molar refractivity (Wildman–Crippen MR) is 114 cm³/mol. The Hall–Kier alpha value is -2.88. The van der Waals surface area contributed by atoms with E-state index in [2.05, 4.69) is 20.6 Å². The molecule has 0 unspecified atom stereocenters. The molecule has 1 aromatic heterocycles. The number of benzene rings is 1. The molecule has 0 bridgehead atoms. The highest BCUT2D eigenvalue weighted by Gasteiger charge is 2.35. The van der Waals surface area contributed by atoms with Gasteiger partial charge in [-0.3, -0.25) is 4.79 Å². The molecule has 3 heterocycles. The number of hydrogen-bond donors (Lipinski definition) is 2. The van der Waals surface area contributed by atoms with Gasteiger partial charge in [-0.25, -0.2) is 4.98 Å². The van der Waals surface area contributed by atoms with Crippen LogP contribution in [0.25, 0.3) is 0 Å². The molecule has 0 aliphatic carbocycles. The van der Waals surface area contributed by atoms with Gasteiger partial charge in [-0.2, -0.15) is 18.2 Å². The van der Waals surface area contributed by atoms with Crippen LogP contribution >= 0.6 is 0 Å². The molecule has 0 atom stereocenters. The maximum atomic E-state index is 13.4. The Morgan fingerprint density at radius 3 is 2.84 bits per heavy atom. The van der Waals surface area contributed by atoms with Crippen molar-refractivity contribution >= 4 is 23.4 Å². The van der Waals surface area contributed by atoms with Gasteiger partial charge in [0, 0.05) is 37.9 Å². The van der Waals surface area contributed by atoms with Crippen LogP contribution in [0.5, 0.6) is 0 Å². The number of halogens is 3. The second-order valence-electron chi connectivity index (χ2n) is 7.98. The number of rotatable bonds is 7. The van der Waals surface area contributed by atoms with Gasteiger partial charge in [0.25, 0.3) is 0 Å². The van der Waals surface area contributed by atoms with Crippen LogP contribution in [0.3, 0.4) is 0 Å². The number of nitrogens with zero attached hydrogens (tertiary/aromatic N) is 3. The second-order valence-corrected chi connectivity index (χ2v) is 7.98. The van der Waals surface area contributed by atoms with Crippen LogP contribution in [-0.4, -0.2) is 47.0 Å². The molecule has 0 saturated carbocycles. The lowest BCUT2D eigenvalue weighted by Gasteiger charge is -2.26. The molecule has 0 radical (unpaired) electrons. The van der Waals surface area contributed by atoms with E-state index in [9.17, 15) is 18.0 Å². The summed E-state index contributed by atoms with van der Waals surface area (Å²) in [7, 11) is 0. The minimum Gasteiger partial charge on any atom is -0.376 e. The number of hydrogen-bond acceptors (Lipinski definition) is 6. The molecule has 1 fully saturated rings. The number of amides is 1. The van der Waals surface area contributed by atoms with E-state index < -0.39 is 11.7 Å². The molecule has 32 heavy (non-hydrogen) atoms. The summed E-state index contributed by atoms with van der Waals surface area (Å²) < 4.78 is 45.8. The first-order chi connectivity index (χ1) is 15.4. The first-order valence-electron chi connectivity index (χ1n) is 10.8. The van der Waals surface area contributed by atoms with Crippen molar-refractivity contribution in [2.45, 2.75) is 44.9 Å². The van der Waals surface area contributed by atoms with Gasteiger partial charge < -0.3 is 20.3 Å². The summed E-state index contributed by atoms with van der Waals surface area (Å²) in [6.07, 6.45) is -0.0185. The van der Waals surface area contributed by atoms with Crippen molar-refractivity contribution in [2.24, 2.45) is 0 Å². The number of likely N-dealkylation sites (tertiary alicyclic amines) is 1. The first-order valence-corrected chi connectivity index (χ1v) is 10.8. The fourth-order valence-electron chi connectivity index (χ4n) is 3.93. The van der Waals surface area contributed by atoms with Gasteiger partial charge in [-0.1, -0.05) is 6.07 Å². The van der Waals surface area contributed by atoms with Crippen LogP contribution in [0.1, 0.15) is 42.4 Å². The van der Waals surface area contributed by atoms with Gasteiger partial charge in [0.1, 0.15) is 11.4 Å². The summed E-state index contributed by atoms with van der Waals surface area (Å²) in [6, 6.07) is 5.73. The quantitative estimate of drug-likeness (QED) is 0.619. The topological polar surface area (TPSA) is 79.4 Å². The molecule has 2 N–H and O–H groups in total. The van der Waals surface area contributed by atoms with Gasteiger partial charge in [0.2, 0.25) is 11.9 Å². The van der Waals surface area contributed by atoms with Gasteiger partial charge in [-0.15, -0.1) is 0 Å². The third-order valence-electron chi connectivity index (χ3n) is 5.65. The highest BCUT2D eigenvalue weighted by Crippen LogP contribution is 2.34. The Morgan fingerprint density at radius 2 is 2.03 bits per heavy atom. The van der Waals surface area contributed by atoms with Crippen molar-refractivity contribution in [2.75, 3.05) is 36.9 Å². The van der Waals surface area contributed by atoms with Gasteiger partial charge in [0.15, 0.2) is 0 Å². The number of piperidine rings is 1. The molecule has 172 valence electrons. The van der Waals surface area contributed by atoms with Crippen molar-refractivity contribution in [1.29, 1.82) is 0 Å². The standard InChI is InChI=1S/C22H26F3N5O2/c23-22(24,25)18-13-27-21(28-17-6-5-15-7-11-32-14-16(15)12-17)29-20(18)26-8-3-10-30-9-2-1-4-19(30)31/h5-6,12-13H,1-4,7-11,14H2,(H2,26,27,28,29). The number of alkyl halides is 3. The van der Waals surface area contributed by atoms with E-state index in [1.165, 1.54) is 5.56 Å². The van der Waals surface area contributed by atoms with E-state index in [1.807, 2.05) is 18.2 Å². The van der Waals surface area contributed by atoms with E-state index in [1.54, 1.807) is 4.90 Å². The number of aromatic nitrogens is 2. The van der Waals surface area contributed by atoms with Crippen molar-refractivity contribution in [3.05, 3.63) is 41.1 Å². The molecule has 2 aliphatic heterocycles. The number of anilines is 3. The van der Waals surface area contributed by atoms with Crippen LogP contribution in [0, 0.1) is 0 Å². The van der Waals surface area contributed by atoms with Crippen molar-refractivity contribution in [3.63, 3.8) is 0 Å².